The number of halogens is 2. The van der Waals surface area contributed by atoms with Crippen molar-refractivity contribution < 1.29 is 32.9 Å². The number of aromatic amines is 1. The first-order valence-electron chi connectivity index (χ1n) is 14.9. The molecule has 3 aromatic rings. The van der Waals surface area contributed by atoms with Gasteiger partial charge >= 0.3 is 0 Å². The highest BCUT2D eigenvalue weighted by Gasteiger charge is 2.30. The summed E-state index contributed by atoms with van der Waals surface area (Å²) in [5.74, 6) is -0.985. The average Bonchev–Trinajstić information content (AvgIpc) is 3.47. The number of carbonyl (C=O) groups excluding carboxylic acids is 2. The summed E-state index contributed by atoms with van der Waals surface area (Å²) in [7, 11) is 0. The summed E-state index contributed by atoms with van der Waals surface area (Å²) in [6.07, 6.45) is 1.54. The molecule has 1 saturated heterocycles. The predicted molar refractivity (Wildman–Crippen MR) is 167 cm³/mol. The molecule has 14 heteroatoms. The van der Waals surface area contributed by atoms with Gasteiger partial charge < -0.3 is 34.1 Å². The highest BCUT2D eigenvalue weighted by atomic mass is 35.5. The van der Waals surface area contributed by atoms with E-state index in [1.165, 1.54) is 12.1 Å². The van der Waals surface area contributed by atoms with Gasteiger partial charge in [0.1, 0.15) is 17.6 Å². The Hall–Kier alpha value is -3.71. The first-order chi connectivity index (χ1) is 21.9. The monoisotopic (exact) mass is 644 g/mol. The average molecular weight is 645 g/mol. The molecule has 2 N–H and O–H groups in total. The van der Waals surface area contributed by atoms with Crippen molar-refractivity contribution in [2.24, 2.45) is 5.11 Å². The summed E-state index contributed by atoms with van der Waals surface area (Å²) in [6.45, 7) is 4.22. The van der Waals surface area contributed by atoms with Gasteiger partial charge in [0.15, 0.2) is 0 Å². The second-order valence-electron chi connectivity index (χ2n) is 10.5. The second kappa shape index (κ2) is 18.3. The maximum Gasteiger partial charge on any atom is 0.268 e. The van der Waals surface area contributed by atoms with Crippen LogP contribution >= 0.6 is 11.6 Å². The Bertz CT molecular complexity index is 1430. The molecule has 2 aromatic carbocycles. The molecule has 1 fully saturated rings. The lowest BCUT2D eigenvalue weighted by atomic mass is 10.0. The molecular weight excluding hydrogens is 607 g/mol. The molecule has 1 aliphatic rings. The Balaban J connectivity index is 1.19. The SMILES string of the molecule is [N-]=[N+]=NCCOCCOCCOCCOC1CCN(C(=O)[C@H](Cc2ccc(F)cc2)NC(=O)c2cc3cc(Cl)ccc3[nH]2)CC1. The van der Waals surface area contributed by atoms with Crippen LogP contribution < -0.4 is 5.32 Å². The third-order valence-electron chi connectivity index (χ3n) is 7.26. The minimum atomic E-state index is -0.838. The Kier molecular flexibility index (Phi) is 13.9. The zero-order valence-corrected chi connectivity index (χ0v) is 25.7. The summed E-state index contributed by atoms with van der Waals surface area (Å²) >= 11 is 6.09. The molecule has 1 atom stereocenters. The van der Waals surface area contributed by atoms with Crippen molar-refractivity contribution in [1.82, 2.24) is 15.2 Å². The molecule has 0 saturated carbocycles. The van der Waals surface area contributed by atoms with Crippen molar-refractivity contribution >= 4 is 34.3 Å². The fourth-order valence-electron chi connectivity index (χ4n) is 4.95. The van der Waals surface area contributed by atoms with E-state index in [-0.39, 0.29) is 24.2 Å². The number of ether oxygens (including phenoxy) is 4. The number of carbonyl (C=O) groups is 2. The van der Waals surface area contributed by atoms with Gasteiger partial charge in [-0.05, 0) is 60.3 Å². The van der Waals surface area contributed by atoms with Crippen LogP contribution in [0, 0.1) is 5.82 Å². The molecule has 1 aromatic heterocycles. The van der Waals surface area contributed by atoms with Gasteiger partial charge in [-0.25, -0.2) is 4.39 Å². The molecule has 4 rings (SSSR count). The summed E-state index contributed by atoms with van der Waals surface area (Å²) in [5, 5.41) is 7.62. The number of hydrogen-bond donors (Lipinski definition) is 2. The molecule has 0 bridgehead atoms. The lowest BCUT2D eigenvalue weighted by Crippen LogP contribution is -2.52. The van der Waals surface area contributed by atoms with Crippen LogP contribution in [0.5, 0.6) is 0 Å². The van der Waals surface area contributed by atoms with Crippen LogP contribution in [0.3, 0.4) is 0 Å². The Morgan fingerprint density at radius 3 is 2.36 bits per heavy atom. The molecule has 1 aliphatic heterocycles. The second-order valence-corrected chi connectivity index (χ2v) is 10.9. The van der Waals surface area contributed by atoms with Crippen molar-refractivity contribution in [2.45, 2.75) is 31.4 Å². The highest BCUT2D eigenvalue weighted by Crippen LogP contribution is 2.21. The first-order valence-corrected chi connectivity index (χ1v) is 15.3. The van der Waals surface area contributed by atoms with Crippen molar-refractivity contribution in [3.63, 3.8) is 0 Å². The highest BCUT2D eigenvalue weighted by molar-refractivity contribution is 6.31. The standard InChI is InChI=1S/C31H38ClFN6O6/c32-24-3-6-27-23(20-24)21-28(36-27)30(40)37-29(19-22-1-4-25(33)5-2-22)31(41)39-10-7-26(8-11-39)45-18-17-44-16-15-43-14-13-42-12-9-35-38-34/h1-6,20-21,26,29,36H,7-19H2,(H,37,40)/t29-/m0/s1. The summed E-state index contributed by atoms with van der Waals surface area (Å²) in [6, 6.07) is 12.1. The summed E-state index contributed by atoms with van der Waals surface area (Å²) in [4.78, 5) is 34.4. The van der Waals surface area contributed by atoms with Crippen LogP contribution in [0.2, 0.25) is 5.02 Å². The number of amides is 2. The maximum absolute atomic E-state index is 13.7. The van der Waals surface area contributed by atoms with Gasteiger partial charge in [-0.2, -0.15) is 0 Å². The number of nitrogens with one attached hydrogen (secondary N) is 2. The van der Waals surface area contributed by atoms with E-state index in [0.29, 0.717) is 89.4 Å². The Morgan fingerprint density at radius 2 is 1.67 bits per heavy atom. The molecule has 242 valence electrons. The van der Waals surface area contributed by atoms with E-state index >= 15 is 0 Å². The fraction of sp³-hybridized carbons (Fsp3) is 0.484. The fourth-order valence-corrected chi connectivity index (χ4v) is 5.13. The molecule has 45 heavy (non-hydrogen) atoms. The number of rotatable bonds is 18. The third kappa shape index (κ3) is 11.3. The zero-order valence-electron chi connectivity index (χ0n) is 25.0. The van der Waals surface area contributed by atoms with Gasteiger partial charge in [0, 0.05) is 46.9 Å². The largest absolute Gasteiger partial charge is 0.379 e. The summed E-state index contributed by atoms with van der Waals surface area (Å²) in [5.41, 5.74) is 10.0. The van der Waals surface area contributed by atoms with Gasteiger partial charge in [-0.15, -0.1) is 0 Å². The number of H-pyrrole nitrogens is 1. The number of hydrogen-bond acceptors (Lipinski definition) is 7. The predicted octanol–water partition coefficient (Wildman–Crippen LogP) is 4.67. The zero-order chi connectivity index (χ0) is 31.9. The van der Waals surface area contributed by atoms with Crippen LogP contribution in [0.1, 0.15) is 28.9 Å². The van der Waals surface area contributed by atoms with Crippen molar-refractivity contribution in [3.8, 4) is 0 Å². The van der Waals surface area contributed by atoms with Gasteiger partial charge in [0.2, 0.25) is 5.91 Å². The first kappa shape index (κ1) is 34.2. The lowest BCUT2D eigenvalue weighted by molar-refractivity contribution is -0.136. The van der Waals surface area contributed by atoms with Gasteiger partial charge in [0.05, 0.1) is 52.4 Å². The smallest absolute Gasteiger partial charge is 0.268 e. The maximum atomic E-state index is 13.7. The molecule has 12 nitrogen and oxygen atoms in total. The molecule has 0 radical (unpaired) electrons. The van der Waals surface area contributed by atoms with E-state index in [2.05, 4.69) is 20.3 Å². The van der Waals surface area contributed by atoms with E-state index in [9.17, 15) is 14.0 Å². The van der Waals surface area contributed by atoms with Crippen molar-refractivity contribution in [3.05, 3.63) is 81.1 Å². The van der Waals surface area contributed by atoms with Crippen LogP contribution in [0.15, 0.2) is 53.6 Å². The number of azide groups is 1. The number of likely N-dealkylation sites (tertiary alicyclic amines) is 1. The van der Waals surface area contributed by atoms with Crippen molar-refractivity contribution in [1.29, 1.82) is 0 Å². The van der Waals surface area contributed by atoms with Crippen LogP contribution in [-0.2, 0) is 30.2 Å². The van der Waals surface area contributed by atoms with Gasteiger partial charge in [-0.3, -0.25) is 9.59 Å². The molecular formula is C31H38ClFN6O6. The number of nitrogens with zero attached hydrogens (tertiary/aromatic N) is 4. The molecule has 0 spiro atoms. The van der Waals surface area contributed by atoms with Crippen LogP contribution in [-0.4, -0.2) is 99.7 Å². The number of benzene rings is 2. The lowest BCUT2D eigenvalue weighted by Gasteiger charge is -2.34. The molecule has 0 aliphatic carbocycles. The number of fused-ring (bicyclic) bond motifs is 1. The molecule has 0 unspecified atom stereocenters. The quantitative estimate of drug-likeness (QED) is 0.0889. The minimum Gasteiger partial charge on any atom is -0.379 e. The molecule has 2 amide bonds. The van der Waals surface area contributed by atoms with E-state index in [1.807, 2.05) is 0 Å². The Morgan fingerprint density at radius 1 is 1.00 bits per heavy atom. The van der Waals surface area contributed by atoms with Gasteiger partial charge in [0.25, 0.3) is 5.91 Å². The third-order valence-corrected chi connectivity index (χ3v) is 7.50. The van der Waals surface area contributed by atoms with E-state index < -0.39 is 11.9 Å². The minimum absolute atomic E-state index is 0.000251. The van der Waals surface area contributed by atoms with Gasteiger partial charge in [-0.1, -0.05) is 28.8 Å². The number of piperidine rings is 1. The van der Waals surface area contributed by atoms with E-state index in [1.54, 1.807) is 41.3 Å². The van der Waals surface area contributed by atoms with Crippen LogP contribution in [0.4, 0.5) is 4.39 Å². The van der Waals surface area contributed by atoms with E-state index in [0.717, 1.165) is 16.5 Å². The van der Waals surface area contributed by atoms with E-state index in [4.69, 9.17) is 36.1 Å². The normalized spacial score (nSPS) is 14.3. The van der Waals surface area contributed by atoms with Crippen LogP contribution in [0.25, 0.3) is 21.3 Å². The molecule has 2 heterocycles. The topological polar surface area (TPSA) is 151 Å². The van der Waals surface area contributed by atoms with Crippen molar-refractivity contribution in [2.75, 3.05) is 65.9 Å². The number of aromatic nitrogens is 1. The Labute approximate surface area is 265 Å². The summed E-state index contributed by atoms with van der Waals surface area (Å²) < 4.78 is 35.7.